The molecule has 2 aromatic heterocycles. The van der Waals surface area contributed by atoms with Gasteiger partial charge in [-0.2, -0.15) is 0 Å². The van der Waals surface area contributed by atoms with Crippen LogP contribution in [0, 0.1) is 13.8 Å². The topological polar surface area (TPSA) is 48.9 Å². The van der Waals surface area contributed by atoms with Gasteiger partial charge in [0.15, 0.2) is 0 Å². The van der Waals surface area contributed by atoms with E-state index in [0.717, 1.165) is 16.4 Å². The number of hydrogen-bond acceptors (Lipinski definition) is 2. The van der Waals surface area contributed by atoms with Crippen molar-refractivity contribution in [1.82, 2.24) is 9.97 Å². The van der Waals surface area contributed by atoms with Gasteiger partial charge in [-0.15, -0.1) is 0 Å². The number of aromatic hydroxyl groups is 1. The molecule has 4 aromatic rings. The molecule has 0 aliphatic heterocycles. The van der Waals surface area contributed by atoms with E-state index >= 15 is 0 Å². The number of nitrogens with zero attached hydrogens (tertiary/aromatic N) is 1. The van der Waals surface area contributed by atoms with Crippen molar-refractivity contribution in [1.29, 1.82) is 0 Å². The molecule has 0 aliphatic carbocycles. The number of rotatable bonds is 0. The fourth-order valence-corrected chi connectivity index (χ4v) is 3.14. The molecule has 4 heteroatoms. The number of aromatic nitrogens is 2. The number of phenols is 1. The number of H-pyrrole nitrogens is 1. The van der Waals surface area contributed by atoms with Crippen LogP contribution in [-0.2, 0) is 0 Å². The van der Waals surface area contributed by atoms with E-state index in [0.29, 0.717) is 5.75 Å². The quantitative estimate of drug-likeness (QED) is 0.514. The van der Waals surface area contributed by atoms with Crippen molar-refractivity contribution in [2.24, 2.45) is 0 Å². The van der Waals surface area contributed by atoms with Crippen molar-refractivity contribution < 1.29 is 18.9 Å². The maximum Gasteiger partial charge on any atom is 1.00 e. The summed E-state index contributed by atoms with van der Waals surface area (Å²) in [5, 5.41) is 14.4. The van der Waals surface area contributed by atoms with Gasteiger partial charge in [0.2, 0.25) is 0 Å². The summed E-state index contributed by atoms with van der Waals surface area (Å²) >= 11 is 0. The average Bonchev–Trinajstić information content (AvgIpc) is 2.84. The smallest absolute Gasteiger partial charge is 1.00 e. The number of pyridine rings is 1. The van der Waals surface area contributed by atoms with E-state index in [2.05, 4.69) is 29.9 Å². The molecule has 0 fully saturated rings. The first kappa shape index (κ1) is 13.7. The van der Waals surface area contributed by atoms with Gasteiger partial charge in [-0.1, -0.05) is 0 Å². The first-order chi connectivity index (χ1) is 9.66. The summed E-state index contributed by atoms with van der Waals surface area (Å²) in [5.41, 5.74) is 4.61. The molecule has 21 heavy (non-hydrogen) atoms. The Bertz CT molecular complexity index is 994. The van der Waals surface area contributed by atoms with Gasteiger partial charge < -0.3 is 22.5 Å². The van der Waals surface area contributed by atoms with Crippen LogP contribution in [0.25, 0.3) is 32.6 Å². The second kappa shape index (κ2) is 4.64. The van der Waals surface area contributed by atoms with Crippen molar-refractivity contribution in [3.8, 4) is 5.75 Å². The molecule has 2 heterocycles. The summed E-state index contributed by atoms with van der Waals surface area (Å²) in [4.78, 5) is 7.72. The van der Waals surface area contributed by atoms with Crippen LogP contribution in [0.4, 0.5) is 0 Å². The van der Waals surface area contributed by atoms with Crippen molar-refractivity contribution >= 4 is 32.6 Å². The van der Waals surface area contributed by atoms with Gasteiger partial charge in [0.1, 0.15) is 5.75 Å². The summed E-state index contributed by atoms with van der Waals surface area (Å²) in [6, 6.07) is 7.51. The highest BCUT2D eigenvalue weighted by molar-refractivity contribution is 6.16. The molecule has 106 valence electrons. The molecule has 0 bridgehead atoms. The van der Waals surface area contributed by atoms with E-state index in [1.54, 1.807) is 6.07 Å². The first-order valence-corrected chi connectivity index (χ1v) is 6.64. The number of aromatic amines is 1. The Labute approximate surface area is 129 Å². The normalized spacial score (nSPS) is 11.1. The van der Waals surface area contributed by atoms with Crippen LogP contribution < -0.4 is 12.4 Å². The van der Waals surface area contributed by atoms with Crippen LogP contribution in [0.3, 0.4) is 0 Å². The number of halogens is 1. The highest BCUT2D eigenvalue weighted by Gasteiger charge is 2.14. The van der Waals surface area contributed by atoms with Crippen LogP contribution in [-0.4, -0.2) is 15.1 Å². The lowest BCUT2D eigenvalue weighted by molar-refractivity contribution is -0.00000511. The molecule has 2 aromatic carbocycles. The van der Waals surface area contributed by atoms with Crippen LogP contribution in [0.5, 0.6) is 5.75 Å². The zero-order valence-corrected chi connectivity index (χ0v) is 12.5. The van der Waals surface area contributed by atoms with E-state index in [-0.39, 0.29) is 13.8 Å². The molecule has 4 rings (SSSR count). The van der Waals surface area contributed by atoms with Gasteiger partial charge in [-0.25, -0.2) is 0 Å². The predicted octanol–water partition coefficient (Wildman–Crippen LogP) is 1.31. The minimum absolute atomic E-state index is 0. The Morgan fingerprint density at radius 1 is 1.05 bits per heavy atom. The molecule has 0 amide bonds. The third-order valence-corrected chi connectivity index (χ3v) is 4.16. The zero-order valence-electron chi connectivity index (χ0n) is 12.7. The minimum Gasteiger partial charge on any atom is -1.00 e. The van der Waals surface area contributed by atoms with E-state index in [1.807, 2.05) is 24.5 Å². The second-order valence-electron chi connectivity index (χ2n) is 5.28. The molecule has 0 aliphatic rings. The number of phenolic OH excluding ortho intramolecular Hbond substituents is 1. The van der Waals surface area contributed by atoms with Crippen LogP contribution >= 0.6 is 0 Å². The van der Waals surface area contributed by atoms with E-state index in [9.17, 15) is 5.11 Å². The monoisotopic (exact) mass is 298 g/mol. The number of benzene rings is 2. The Kier molecular flexibility index (Phi) is 3.03. The number of fused-ring (bicyclic) bond motifs is 4. The summed E-state index contributed by atoms with van der Waals surface area (Å²) < 4.78 is 0. The number of nitrogens with one attached hydrogen (secondary N) is 1. The lowest BCUT2D eigenvalue weighted by Gasteiger charge is -2.08. The molecule has 0 radical (unpaired) electrons. The van der Waals surface area contributed by atoms with Gasteiger partial charge in [0.05, 0.1) is 5.52 Å². The second-order valence-corrected chi connectivity index (χ2v) is 5.28. The van der Waals surface area contributed by atoms with Crippen molar-refractivity contribution in [3.63, 3.8) is 0 Å². The standard InChI is InChI=1S/C17H14N2O.ClH/c1-9-14-8-18-6-5-12(14)10(2)17-16(9)13-7-11(20)3-4-15(13)19-17;/h3-8,19-20H,1-2H3;1H. The Balaban J connectivity index is 0.000000882. The van der Waals surface area contributed by atoms with Crippen molar-refractivity contribution in [2.45, 2.75) is 13.8 Å². The molecule has 0 spiro atoms. The molecule has 0 unspecified atom stereocenters. The summed E-state index contributed by atoms with van der Waals surface area (Å²) in [6.45, 7) is 4.24. The largest absolute Gasteiger partial charge is 1.00 e. The molecule has 3 nitrogen and oxygen atoms in total. The molecule has 0 saturated carbocycles. The molecule has 2 N–H and O–H groups in total. The number of hydrogen-bond donors (Lipinski definition) is 2. The number of aryl methyl sites for hydroxylation is 2. The Morgan fingerprint density at radius 3 is 2.67 bits per heavy atom. The molecule has 0 atom stereocenters. The molecular weight excluding hydrogens is 284 g/mol. The van der Waals surface area contributed by atoms with Crippen molar-refractivity contribution in [3.05, 3.63) is 47.8 Å². The highest BCUT2D eigenvalue weighted by atomic mass is 35.5. The Hall–Kier alpha value is -2.26. The maximum atomic E-state index is 9.76. The van der Waals surface area contributed by atoms with Crippen LogP contribution in [0.15, 0.2) is 36.7 Å². The van der Waals surface area contributed by atoms with Gasteiger partial charge in [0, 0.05) is 34.1 Å². The van der Waals surface area contributed by atoms with Crippen molar-refractivity contribution in [2.75, 3.05) is 0 Å². The van der Waals surface area contributed by atoms with Gasteiger partial charge in [-0.3, -0.25) is 4.98 Å². The molecule has 0 saturated heterocycles. The SMILES string of the molecule is Cc1c2ccncc2c(C)c2c1[nH]c1ccc(O)cc12.[Cl-].[H+]. The van der Waals surface area contributed by atoms with Gasteiger partial charge in [-0.05, 0) is 54.6 Å². The Morgan fingerprint density at radius 2 is 1.86 bits per heavy atom. The average molecular weight is 299 g/mol. The van der Waals surface area contributed by atoms with E-state index in [1.165, 1.54) is 27.3 Å². The van der Waals surface area contributed by atoms with Crippen LogP contribution in [0.1, 0.15) is 12.6 Å². The van der Waals surface area contributed by atoms with E-state index < -0.39 is 0 Å². The third kappa shape index (κ3) is 1.78. The fourth-order valence-electron chi connectivity index (χ4n) is 3.14. The summed E-state index contributed by atoms with van der Waals surface area (Å²) in [7, 11) is 0. The fraction of sp³-hybridized carbons (Fsp3) is 0.118. The third-order valence-electron chi connectivity index (χ3n) is 4.16. The zero-order chi connectivity index (χ0) is 13.9. The summed E-state index contributed by atoms with van der Waals surface area (Å²) in [5.74, 6) is 0.293. The van der Waals surface area contributed by atoms with E-state index in [4.69, 9.17) is 0 Å². The summed E-state index contributed by atoms with van der Waals surface area (Å²) in [6.07, 6.45) is 3.74. The first-order valence-electron chi connectivity index (χ1n) is 6.64. The molecular formula is C17H15ClN2O. The van der Waals surface area contributed by atoms with Gasteiger partial charge in [0.25, 0.3) is 0 Å². The maximum absolute atomic E-state index is 9.76. The van der Waals surface area contributed by atoms with Crippen LogP contribution in [0.2, 0.25) is 0 Å². The lowest BCUT2D eigenvalue weighted by atomic mass is 9.97. The predicted molar refractivity (Wildman–Crippen MR) is 83.4 cm³/mol. The lowest BCUT2D eigenvalue weighted by Crippen LogP contribution is -3.00. The van der Waals surface area contributed by atoms with Gasteiger partial charge >= 0.3 is 1.43 Å². The minimum atomic E-state index is 0. The highest BCUT2D eigenvalue weighted by Crippen LogP contribution is 2.37.